The Kier molecular flexibility index (Phi) is 4.01. The highest BCUT2D eigenvalue weighted by Crippen LogP contribution is 2.19. The zero-order valence-corrected chi connectivity index (χ0v) is 12.2. The molecule has 0 unspecified atom stereocenters. The van der Waals surface area contributed by atoms with Gasteiger partial charge in [0.25, 0.3) is 5.91 Å². The number of halogens is 1. The second kappa shape index (κ2) is 6.10. The number of hydrogen-bond donors (Lipinski definition) is 0. The second-order valence-corrected chi connectivity index (χ2v) is 5.24. The Balaban J connectivity index is 1.64. The summed E-state index contributed by atoms with van der Waals surface area (Å²) in [6, 6.07) is 7.36. The summed E-state index contributed by atoms with van der Waals surface area (Å²) in [6.07, 6.45) is 4.98. The van der Waals surface area contributed by atoms with Gasteiger partial charge in [-0.3, -0.25) is 9.78 Å². The lowest BCUT2D eigenvalue weighted by Gasteiger charge is -2.36. The van der Waals surface area contributed by atoms with Gasteiger partial charge in [-0.15, -0.1) is 0 Å². The van der Waals surface area contributed by atoms with E-state index in [-0.39, 0.29) is 5.91 Å². The lowest BCUT2D eigenvalue weighted by Crippen LogP contribution is -2.48. The standard InChI is InChI=1S/C15H15ClN4O/c16-14-10-13(3-5-18-14)19-6-8-20(9-7-19)15(21)12-2-1-4-17-11-12/h1-5,10-11H,6-9H2. The third-order valence-electron chi connectivity index (χ3n) is 3.55. The predicted octanol–water partition coefficient (Wildman–Crippen LogP) is 2.09. The van der Waals surface area contributed by atoms with Crippen LogP contribution in [0, 0.1) is 0 Å². The quantitative estimate of drug-likeness (QED) is 0.797. The molecule has 0 atom stereocenters. The highest BCUT2D eigenvalue weighted by molar-refractivity contribution is 6.29. The lowest BCUT2D eigenvalue weighted by atomic mass is 10.2. The van der Waals surface area contributed by atoms with E-state index in [9.17, 15) is 4.79 Å². The average Bonchev–Trinajstić information content (AvgIpc) is 2.55. The molecule has 21 heavy (non-hydrogen) atoms. The van der Waals surface area contributed by atoms with Crippen molar-refractivity contribution in [2.45, 2.75) is 0 Å². The van der Waals surface area contributed by atoms with Crippen molar-refractivity contribution in [3.05, 3.63) is 53.6 Å². The maximum Gasteiger partial charge on any atom is 0.255 e. The minimum Gasteiger partial charge on any atom is -0.368 e. The number of aromatic nitrogens is 2. The molecule has 0 aliphatic carbocycles. The summed E-state index contributed by atoms with van der Waals surface area (Å²) in [5.41, 5.74) is 1.68. The van der Waals surface area contributed by atoms with Gasteiger partial charge in [-0.25, -0.2) is 4.98 Å². The molecular formula is C15H15ClN4O. The van der Waals surface area contributed by atoms with Crippen LogP contribution in [0.5, 0.6) is 0 Å². The Bertz CT molecular complexity index is 627. The van der Waals surface area contributed by atoms with E-state index in [0.29, 0.717) is 23.8 Å². The van der Waals surface area contributed by atoms with Gasteiger partial charge in [0.15, 0.2) is 0 Å². The summed E-state index contributed by atoms with van der Waals surface area (Å²) in [6.45, 7) is 2.94. The first-order valence-electron chi connectivity index (χ1n) is 6.80. The van der Waals surface area contributed by atoms with Crippen molar-refractivity contribution < 1.29 is 4.79 Å². The van der Waals surface area contributed by atoms with Crippen LogP contribution < -0.4 is 4.90 Å². The van der Waals surface area contributed by atoms with Gasteiger partial charge in [0.2, 0.25) is 0 Å². The fourth-order valence-electron chi connectivity index (χ4n) is 2.43. The number of rotatable bonds is 2. The molecule has 0 radical (unpaired) electrons. The minimum atomic E-state index is 0.0375. The first-order chi connectivity index (χ1) is 10.2. The summed E-state index contributed by atoms with van der Waals surface area (Å²) in [7, 11) is 0. The summed E-state index contributed by atoms with van der Waals surface area (Å²) >= 11 is 5.91. The molecule has 1 amide bonds. The van der Waals surface area contributed by atoms with Crippen LogP contribution in [-0.4, -0.2) is 47.0 Å². The van der Waals surface area contributed by atoms with Gasteiger partial charge in [-0.2, -0.15) is 0 Å². The molecule has 0 bridgehead atoms. The van der Waals surface area contributed by atoms with Crippen LogP contribution in [-0.2, 0) is 0 Å². The van der Waals surface area contributed by atoms with Crippen molar-refractivity contribution in [3.8, 4) is 0 Å². The first-order valence-corrected chi connectivity index (χ1v) is 7.17. The number of anilines is 1. The zero-order valence-electron chi connectivity index (χ0n) is 11.4. The minimum absolute atomic E-state index is 0.0375. The summed E-state index contributed by atoms with van der Waals surface area (Å²) in [5.74, 6) is 0.0375. The van der Waals surface area contributed by atoms with E-state index in [4.69, 9.17) is 11.6 Å². The van der Waals surface area contributed by atoms with Gasteiger partial charge < -0.3 is 9.80 Å². The van der Waals surface area contributed by atoms with E-state index in [2.05, 4.69) is 14.9 Å². The van der Waals surface area contributed by atoms with E-state index in [0.717, 1.165) is 18.8 Å². The van der Waals surface area contributed by atoms with Crippen molar-refractivity contribution in [2.24, 2.45) is 0 Å². The van der Waals surface area contributed by atoms with Crippen LogP contribution in [0.3, 0.4) is 0 Å². The molecular weight excluding hydrogens is 288 g/mol. The van der Waals surface area contributed by atoms with Gasteiger partial charge >= 0.3 is 0 Å². The second-order valence-electron chi connectivity index (χ2n) is 4.86. The largest absolute Gasteiger partial charge is 0.368 e. The van der Waals surface area contributed by atoms with Crippen LogP contribution in [0.1, 0.15) is 10.4 Å². The van der Waals surface area contributed by atoms with Gasteiger partial charge in [0, 0.05) is 50.5 Å². The summed E-state index contributed by atoms with van der Waals surface area (Å²) in [4.78, 5) is 24.4. The van der Waals surface area contributed by atoms with Crippen LogP contribution in [0.15, 0.2) is 42.9 Å². The summed E-state index contributed by atoms with van der Waals surface area (Å²) in [5, 5.41) is 0.487. The maximum absolute atomic E-state index is 12.3. The Labute approximate surface area is 128 Å². The third-order valence-corrected chi connectivity index (χ3v) is 3.76. The fraction of sp³-hybridized carbons (Fsp3) is 0.267. The lowest BCUT2D eigenvalue weighted by molar-refractivity contribution is 0.0746. The van der Waals surface area contributed by atoms with Gasteiger partial charge in [-0.1, -0.05) is 11.6 Å². The molecule has 2 aromatic rings. The number of pyridine rings is 2. The Morgan fingerprint density at radius 1 is 1.14 bits per heavy atom. The number of nitrogens with zero attached hydrogens (tertiary/aromatic N) is 4. The summed E-state index contributed by atoms with van der Waals surface area (Å²) < 4.78 is 0. The number of amides is 1. The van der Waals surface area contributed by atoms with Gasteiger partial charge in [-0.05, 0) is 24.3 Å². The van der Waals surface area contributed by atoms with Crippen molar-refractivity contribution >= 4 is 23.2 Å². The monoisotopic (exact) mass is 302 g/mol. The fourth-order valence-corrected chi connectivity index (χ4v) is 2.60. The van der Waals surface area contributed by atoms with Crippen molar-refractivity contribution in [1.29, 1.82) is 0 Å². The topological polar surface area (TPSA) is 49.3 Å². The number of carbonyl (C=O) groups is 1. The molecule has 6 heteroatoms. The molecule has 3 heterocycles. The highest BCUT2D eigenvalue weighted by Gasteiger charge is 2.22. The predicted molar refractivity (Wildman–Crippen MR) is 81.6 cm³/mol. The molecule has 108 valence electrons. The van der Waals surface area contributed by atoms with Crippen LogP contribution in [0.4, 0.5) is 5.69 Å². The van der Waals surface area contributed by atoms with Crippen molar-refractivity contribution in [3.63, 3.8) is 0 Å². The van der Waals surface area contributed by atoms with Gasteiger partial charge in [0.1, 0.15) is 5.15 Å². The van der Waals surface area contributed by atoms with Crippen LogP contribution in [0.2, 0.25) is 5.15 Å². The third kappa shape index (κ3) is 3.13. The van der Waals surface area contributed by atoms with E-state index >= 15 is 0 Å². The molecule has 0 spiro atoms. The van der Waals surface area contributed by atoms with Crippen LogP contribution in [0.25, 0.3) is 0 Å². The van der Waals surface area contributed by atoms with Crippen molar-refractivity contribution in [1.82, 2.24) is 14.9 Å². The number of carbonyl (C=O) groups excluding carboxylic acids is 1. The number of piperazine rings is 1. The molecule has 1 fully saturated rings. The van der Waals surface area contributed by atoms with E-state index in [1.165, 1.54) is 0 Å². The smallest absolute Gasteiger partial charge is 0.255 e. The molecule has 0 saturated carbocycles. The Morgan fingerprint density at radius 2 is 1.95 bits per heavy atom. The van der Waals surface area contributed by atoms with Crippen molar-refractivity contribution in [2.75, 3.05) is 31.1 Å². The van der Waals surface area contributed by atoms with E-state index in [1.807, 2.05) is 17.0 Å². The Morgan fingerprint density at radius 3 is 2.62 bits per heavy atom. The normalized spacial score (nSPS) is 15.1. The molecule has 1 aliphatic heterocycles. The molecule has 0 aromatic carbocycles. The SMILES string of the molecule is O=C(c1cccnc1)N1CCN(c2ccnc(Cl)c2)CC1. The zero-order chi connectivity index (χ0) is 14.7. The van der Waals surface area contributed by atoms with E-state index in [1.54, 1.807) is 30.7 Å². The number of hydrogen-bond acceptors (Lipinski definition) is 4. The average molecular weight is 303 g/mol. The maximum atomic E-state index is 12.3. The molecule has 0 N–H and O–H groups in total. The Hall–Kier alpha value is -2.14. The first kappa shape index (κ1) is 13.8. The molecule has 1 aliphatic rings. The molecule has 2 aromatic heterocycles. The van der Waals surface area contributed by atoms with E-state index < -0.39 is 0 Å². The molecule has 3 rings (SSSR count). The highest BCUT2D eigenvalue weighted by atomic mass is 35.5. The molecule has 5 nitrogen and oxygen atoms in total. The molecule has 1 saturated heterocycles. The van der Waals surface area contributed by atoms with Crippen LogP contribution >= 0.6 is 11.6 Å². The van der Waals surface area contributed by atoms with Gasteiger partial charge in [0.05, 0.1) is 5.56 Å².